The first kappa shape index (κ1) is 26.1. The monoisotopic (exact) mass is 516 g/mol. The molecule has 2 aromatic carbocycles. The second-order valence-electron chi connectivity index (χ2n) is 10.1. The van der Waals surface area contributed by atoms with Crippen molar-refractivity contribution in [1.82, 2.24) is 30.1 Å². The number of hydrogen-bond acceptors (Lipinski definition) is 7. The van der Waals surface area contributed by atoms with Crippen molar-refractivity contribution in [3.63, 3.8) is 0 Å². The zero-order valence-electron chi connectivity index (χ0n) is 22.6. The van der Waals surface area contributed by atoms with Gasteiger partial charge >= 0.3 is 0 Å². The number of methoxy groups -OCH3 is 1. The average Bonchev–Trinajstić information content (AvgIpc) is 3.61. The van der Waals surface area contributed by atoms with Gasteiger partial charge in [-0.05, 0) is 78.4 Å². The van der Waals surface area contributed by atoms with E-state index in [0.29, 0.717) is 19.6 Å². The Hall–Kier alpha value is -3.56. The van der Waals surface area contributed by atoms with Gasteiger partial charge in [0.05, 0.1) is 31.3 Å². The molecule has 0 bridgehead atoms. The number of tetrazole rings is 1. The van der Waals surface area contributed by atoms with Crippen molar-refractivity contribution >= 4 is 10.9 Å². The summed E-state index contributed by atoms with van der Waals surface area (Å²) < 4.78 is 13.1. The Morgan fingerprint density at radius 1 is 1.16 bits per heavy atom. The summed E-state index contributed by atoms with van der Waals surface area (Å²) in [5.41, 5.74) is 4.86. The predicted molar refractivity (Wildman–Crippen MR) is 146 cm³/mol. The van der Waals surface area contributed by atoms with Gasteiger partial charge in [0.25, 0.3) is 5.56 Å². The van der Waals surface area contributed by atoms with Crippen LogP contribution in [-0.2, 0) is 24.4 Å². The van der Waals surface area contributed by atoms with Crippen LogP contribution in [0, 0.1) is 13.8 Å². The van der Waals surface area contributed by atoms with E-state index in [1.165, 1.54) is 0 Å². The zero-order valence-corrected chi connectivity index (χ0v) is 22.6. The smallest absolute Gasteiger partial charge is 0.252 e. The third-order valence-corrected chi connectivity index (χ3v) is 7.52. The quantitative estimate of drug-likeness (QED) is 0.332. The molecule has 0 unspecified atom stereocenters. The summed E-state index contributed by atoms with van der Waals surface area (Å²) in [7, 11) is 1.66. The van der Waals surface area contributed by atoms with Crippen LogP contribution in [0.5, 0.6) is 5.75 Å². The molecule has 5 rings (SSSR count). The van der Waals surface area contributed by atoms with Gasteiger partial charge in [-0.1, -0.05) is 31.2 Å². The van der Waals surface area contributed by atoms with Gasteiger partial charge in [-0.15, -0.1) is 5.10 Å². The van der Waals surface area contributed by atoms with Crippen molar-refractivity contribution in [1.29, 1.82) is 0 Å². The molecule has 0 radical (unpaired) electrons. The molecule has 0 aliphatic carbocycles. The van der Waals surface area contributed by atoms with E-state index in [4.69, 9.17) is 9.47 Å². The highest BCUT2D eigenvalue weighted by molar-refractivity contribution is 5.85. The number of hydrogen-bond donors (Lipinski definition) is 1. The Labute approximate surface area is 222 Å². The molecule has 1 saturated heterocycles. The highest BCUT2D eigenvalue weighted by Crippen LogP contribution is 2.28. The molecule has 1 fully saturated rings. The predicted octanol–water partition coefficient (Wildman–Crippen LogP) is 4.47. The number of fused-ring (bicyclic) bond motifs is 1. The summed E-state index contributed by atoms with van der Waals surface area (Å²) in [5, 5.41) is 13.9. The summed E-state index contributed by atoms with van der Waals surface area (Å²) in [6, 6.07) is 14.1. The SMILES string of the molecule is CC[C@@H](c1nnnn1C[C@@H]1CCCO1)N(Cc1ccc(OC)cc1)Cc1cc2c(C)ccc(C)c2[nH]c1=O. The normalized spacial score (nSPS) is 16.4. The van der Waals surface area contributed by atoms with Gasteiger partial charge in [0.2, 0.25) is 0 Å². The van der Waals surface area contributed by atoms with Gasteiger partial charge in [0.15, 0.2) is 5.82 Å². The number of aromatic nitrogens is 5. The third-order valence-electron chi connectivity index (χ3n) is 7.52. The number of aromatic amines is 1. The Morgan fingerprint density at radius 2 is 1.95 bits per heavy atom. The zero-order chi connectivity index (χ0) is 26.6. The number of H-pyrrole nitrogens is 1. The minimum Gasteiger partial charge on any atom is -0.497 e. The molecule has 4 aromatic rings. The molecule has 0 saturated carbocycles. The number of pyridine rings is 1. The topological polar surface area (TPSA) is 98.2 Å². The van der Waals surface area contributed by atoms with E-state index in [2.05, 4.69) is 57.5 Å². The second-order valence-corrected chi connectivity index (χ2v) is 10.1. The maximum Gasteiger partial charge on any atom is 0.252 e. The fourth-order valence-electron chi connectivity index (χ4n) is 5.36. The highest BCUT2D eigenvalue weighted by Gasteiger charge is 2.28. The molecule has 9 heteroatoms. The van der Waals surface area contributed by atoms with Crippen molar-refractivity contribution in [2.75, 3.05) is 13.7 Å². The molecule has 2 aromatic heterocycles. The Kier molecular flexibility index (Phi) is 7.85. The van der Waals surface area contributed by atoms with Crippen molar-refractivity contribution in [3.8, 4) is 5.75 Å². The first-order chi connectivity index (χ1) is 18.5. The summed E-state index contributed by atoms with van der Waals surface area (Å²) >= 11 is 0. The molecular weight excluding hydrogens is 480 g/mol. The van der Waals surface area contributed by atoms with Gasteiger partial charge in [0, 0.05) is 30.6 Å². The van der Waals surface area contributed by atoms with Crippen molar-refractivity contribution in [3.05, 3.63) is 80.9 Å². The molecular formula is C29H36N6O3. The fraction of sp³-hybridized carbons (Fsp3) is 0.448. The Morgan fingerprint density at radius 3 is 2.66 bits per heavy atom. The molecule has 0 amide bonds. The van der Waals surface area contributed by atoms with E-state index in [1.54, 1.807) is 7.11 Å². The van der Waals surface area contributed by atoms with Gasteiger partial charge in [-0.25, -0.2) is 4.68 Å². The van der Waals surface area contributed by atoms with Crippen LogP contribution < -0.4 is 10.3 Å². The highest BCUT2D eigenvalue weighted by atomic mass is 16.5. The third kappa shape index (κ3) is 5.49. The van der Waals surface area contributed by atoms with Crippen LogP contribution in [0.4, 0.5) is 0 Å². The van der Waals surface area contributed by atoms with Gasteiger partial charge in [-0.3, -0.25) is 9.69 Å². The minimum absolute atomic E-state index is 0.0697. The lowest BCUT2D eigenvalue weighted by Crippen LogP contribution is -2.33. The number of nitrogens with one attached hydrogen (secondary N) is 1. The van der Waals surface area contributed by atoms with E-state index in [0.717, 1.165) is 70.6 Å². The molecule has 2 atom stereocenters. The second kappa shape index (κ2) is 11.4. The van der Waals surface area contributed by atoms with Gasteiger partial charge < -0.3 is 14.5 Å². The van der Waals surface area contributed by atoms with Crippen molar-refractivity contribution in [2.24, 2.45) is 0 Å². The summed E-state index contributed by atoms with van der Waals surface area (Å²) in [5.74, 6) is 1.60. The van der Waals surface area contributed by atoms with E-state index >= 15 is 0 Å². The summed E-state index contributed by atoms with van der Waals surface area (Å²) in [6.07, 6.45) is 2.98. The Balaban J connectivity index is 1.52. The minimum atomic E-state index is -0.0952. The number of nitrogens with zero attached hydrogens (tertiary/aromatic N) is 5. The average molecular weight is 517 g/mol. The van der Waals surface area contributed by atoms with E-state index in [1.807, 2.05) is 35.9 Å². The first-order valence-corrected chi connectivity index (χ1v) is 13.3. The van der Waals surface area contributed by atoms with Crippen LogP contribution in [0.1, 0.15) is 60.3 Å². The van der Waals surface area contributed by atoms with E-state index < -0.39 is 0 Å². The molecule has 200 valence electrons. The summed E-state index contributed by atoms with van der Waals surface area (Å²) in [4.78, 5) is 18.7. The van der Waals surface area contributed by atoms with Crippen LogP contribution in [0.2, 0.25) is 0 Å². The number of aryl methyl sites for hydroxylation is 2. The maximum atomic E-state index is 13.3. The van der Waals surface area contributed by atoms with Gasteiger partial charge in [0.1, 0.15) is 5.75 Å². The van der Waals surface area contributed by atoms with Crippen LogP contribution in [-0.4, -0.2) is 49.9 Å². The number of benzene rings is 2. The van der Waals surface area contributed by atoms with Crippen LogP contribution in [0.3, 0.4) is 0 Å². The summed E-state index contributed by atoms with van der Waals surface area (Å²) in [6.45, 7) is 8.72. The lowest BCUT2D eigenvalue weighted by Gasteiger charge is -2.30. The van der Waals surface area contributed by atoms with Crippen LogP contribution >= 0.6 is 0 Å². The van der Waals surface area contributed by atoms with Crippen LogP contribution in [0.15, 0.2) is 47.3 Å². The molecule has 1 aliphatic rings. The van der Waals surface area contributed by atoms with E-state index in [-0.39, 0.29) is 17.7 Å². The van der Waals surface area contributed by atoms with E-state index in [9.17, 15) is 4.79 Å². The molecule has 38 heavy (non-hydrogen) atoms. The fourth-order valence-corrected chi connectivity index (χ4v) is 5.36. The van der Waals surface area contributed by atoms with Crippen LogP contribution in [0.25, 0.3) is 10.9 Å². The molecule has 1 N–H and O–H groups in total. The lowest BCUT2D eigenvalue weighted by atomic mass is 10.0. The first-order valence-electron chi connectivity index (χ1n) is 13.3. The van der Waals surface area contributed by atoms with Crippen molar-refractivity contribution in [2.45, 2.75) is 71.8 Å². The lowest BCUT2D eigenvalue weighted by molar-refractivity contribution is 0.0888. The van der Waals surface area contributed by atoms with Gasteiger partial charge in [-0.2, -0.15) is 0 Å². The number of rotatable bonds is 10. The molecule has 1 aliphatic heterocycles. The standard InChI is InChI=1S/C29H36N6O3/c1-5-26(28-31-32-33-35(28)18-24-7-6-14-38-24)34(16-21-10-12-23(37-4)13-11-21)17-22-15-25-19(2)8-9-20(3)27(25)30-29(22)36/h8-13,15,24,26H,5-7,14,16-18H2,1-4H3,(H,30,36)/t24-,26-/m0/s1. The Bertz CT molecular complexity index is 1440. The number of ether oxygens (including phenoxy) is 2. The van der Waals surface area contributed by atoms with Crippen molar-refractivity contribution < 1.29 is 9.47 Å². The molecule has 3 heterocycles. The molecule has 0 spiro atoms. The maximum absolute atomic E-state index is 13.3. The molecule has 9 nitrogen and oxygen atoms in total. The largest absolute Gasteiger partial charge is 0.497 e.